The van der Waals surface area contributed by atoms with Crippen molar-refractivity contribution in [3.8, 4) is 0 Å². The Morgan fingerprint density at radius 2 is 0.973 bits per heavy atom. The zero-order valence-corrected chi connectivity index (χ0v) is 43.4. The molecule has 0 saturated heterocycles. The van der Waals surface area contributed by atoms with Crippen LogP contribution in [0.25, 0.3) is 0 Å². The number of nitrogens with one attached hydrogen (secondary N) is 8. The molecule has 0 aromatic heterocycles. The molecule has 0 spiro atoms. The van der Waals surface area contributed by atoms with E-state index in [2.05, 4.69) is 47.5 Å². The number of aliphatic imine (C=N–C) groups is 1. The molecule has 0 aliphatic heterocycles. The molecule has 0 bridgehead atoms. The van der Waals surface area contributed by atoms with Crippen molar-refractivity contribution in [2.24, 2.45) is 51.2 Å². The molecule has 1 rings (SSSR count). The van der Waals surface area contributed by atoms with Crippen LogP contribution in [-0.2, 0) is 49.6 Å². The number of carbonyl (C=O) groups is 9. The summed E-state index contributed by atoms with van der Waals surface area (Å²) in [5, 5.41) is 40.3. The number of carboxylic acid groups (broad SMARTS) is 1. The van der Waals surface area contributed by atoms with E-state index in [1.165, 1.54) is 0 Å². The van der Waals surface area contributed by atoms with E-state index in [4.69, 9.17) is 34.4 Å². The average Bonchev–Trinajstić information content (AvgIpc) is 3.35. The lowest BCUT2D eigenvalue weighted by atomic mass is 9.99. The Hall–Kier alpha value is -6.48. The van der Waals surface area contributed by atoms with E-state index in [1.54, 1.807) is 58.0 Å². The quantitative estimate of drug-likeness (QED) is 0.0170. The summed E-state index contributed by atoms with van der Waals surface area (Å²) in [6, 6.07) is -1.58. The third-order valence-corrected chi connectivity index (χ3v) is 11.7. The van der Waals surface area contributed by atoms with Crippen molar-refractivity contribution in [1.29, 1.82) is 0 Å². The molecule has 0 unspecified atom stereocenters. The fourth-order valence-corrected chi connectivity index (χ4v) is 7.36. The lowest BCUT2D eigenvalue weighted by molar-refractivity contribution is -0.143. The van der Waals surface area contributed by atoms with Crippen LogP contribution in [-0.4, -0.2) is 157 Å². The summed E-state index contributed by atoms with van der Waals surface area (Å²) in [5.74, 6) is -8.80. The SMILES string of the molecule is CC(C)[C@H](NC(=O)[C@H](CCCCN)NC(=O)[C@H](CCCN=C(N)N)NC(=O)CNC(=O)[C@@H](NC(=O)[C@@H](N)CCCCN)C(C)C)C(=O)N[C@@H](Cc1ccccc1)C(=O)N[C@@H](CO)C(=O)N[C@@H](CCCCN)C(=O)O. The van der Waals surface area contributed by atoms with Crippen LogP contribution in [0, 0.1) is 11.8 Å². The van der Waals surface area contributed by atoms with Crippen LogP contribution in [0.15, 0.2) is 35.3 Å². The highest BCUT2D eigenvalue weighted by molar-refractivity contribution is 5.97. The molecule has 26 heteroatoms. The zero-order chi connectivity index (χ0) is 55.8. The van der Waals surface area contributed by atoms with Crippen molar-refractivity contribution in [3.63, 3.8) is 0 Å². The second-order valence-electron chi connectivity index (χ2n) is 18.7. The highest BCUT2D eigenvalue weighted by Gasteiger charge is 2.35. The van der Waals surface area contributed by atoms with Crippen molar-refractivity contribution in [2.75, 3.05) is 39.3 Å². The maximum absolute atomic E-state index is 14.2. The van der Waals surface area contributed by atoms with Gasteiger partial charge in [0.25, 0.3) is 0 Å². The molecule has 0 aliphatic carbocycles. The number of amides is 8. The number of rotatable bonds is 38. The van der Waals surface area contributed by atoms with Gasteiger partial charge in [-0.05, 0) is 101 Å². The van der Waals surface area contributed by atoms with Gasteiger partial charge < -0.3 is 87.1 Å². The number of aliphatic hydroxyl groups is 1. The summed E-state index contributed by atoms with van der Waals surface area (Å²) in [4.78, 5) is 125. The van der Waals surface area contributed by atoms with Crippen LogP contribution in [0.3, 0.4) is 0 Å². The molecule has 0 saturated carbocycles. The molecule has 0 radical (unpaired) electrons. The molecule has 1 aromatic carbocycles. The van der Waals surface area contributed by atoms with Crippen molar-refractivity contribution in [1.82, 2.24) is 42.5 Å². The van der Waals surface area contributed by atoms with E-state index >= 15 is 0 Å². The molecule has 418 valence electrons. The first-order chi connectivity index (χ1) is 35.1. The van der Waals surface area contributed by atoms with E-state index in [9.17, 15) is 53.4 Å². The number of hydrogen-bond donors (Lipinski definition) is 16. The number of hydrogen-bond acceptors (Lipinski definition) is 15. The van der Waals surface area contributed by atoms with E-state index in [1.807, 2.05) is 0 Å². The number of carboxylic acids is 1. The fourth-order valence-electron chi connectivity index (χ4n) is 7.36. The van der Waals surface area contributed by atoms with Gasteiger partial charge in [-0.15, -0.1) is 0 Å². The largest absolute Gasteiger partial charge is 0.480 e. The standard InChI is InChI=1S/C48H85N15O11/c1-28(2)38(62-40(66)31(52)17-8-11-21-49)45(71)56-26-37(65)57-32(20-14-24-55-48(53)54)41(67)58-33(18-9-12-22-50)42(68)63-39(29(3)4)46(72)60-35(25-30-15-6-5-7-16-30)43(69)61-36(27-64)44(70)59-34(47(73)74)19-10-13-23-51/h5-7,15-16,28-29,31-36,38-39,64H,8-14,17-27,49-52H2,1-4H3,(H,56,71)(H,57,65)(H,58,67)(H,59,70)(H,60,72)(H,61,69)(H,62,66)(H,63,68)(H,73,74)(H4,53,54,55)/t31-,32-,33-,34-,35-,36-,38-,39-/m0/s1. The van der Waals surface area contributed by atoms with Gasteiger partial charge in [0.1, 0.15) is 42.3 Å². The molecule has 74 heavy (non-hydrogen) atoms. The summed E-state index contributed by atoms with van der Waals surface area (Å²) in [5.41, 5.74) is 34.4. The minimum Gasteiger partial charge on any atom is -0.480 e. The molecule has 26 nitrogen and oxygen atoms in total. The monoisotopic (exact) mass is 1050 g/mol. The highest BCUT2D eigenvalue weighted by atomic mass is 16.4. The van der Waals surface area contributed by atoms with Gasteiger partial charge in [-0.25, -0.2) is 4.79 Å². The number of nitrogens with two attached hydrogens (primary N) is 6. The third kappa shape index (κ3) is 26.0. The lowest BCUT2D eigenvalue weighted by Gasteiger charge is -2.29. The summed E-state index contributed by atoms with van der Waals surface area (Å²) < 4.78 is 0. The summed E-state index contributed by atoms with van der Waals surface area (Å²) >= 11 is 0. The van der Waals surface area contributed by atoms with Gasteiger partial charge in [0.2, 0.25) is 47.3 Å². The van der Waals surface area contributed by atoms with E-state index < -0.39 is 127 Å². The summed E-state index contributed by atoms with van der Waals surface area (Å²) in [6.07, 6.45) is 3.52. The number of nitrogens with zero attached hydrogens (tertiary/aromatic N) is 1. The van der Waals surface area contributed by atoms with Crippen molar-refractivity contribution < 1.29 is 53.4 Å². The Bertz CT molecular complexity index is 1960. The van der Waals surface area contributed by atoms with Gasteiger partial charge in [-0.1, -0.05) is 64.4 Å². The highest BCUT2D eigenvalue weighted by Crippen LogP contribution is 2.11. The van der Waals surface area contributed by atoms with Crippen molar-refractivity contribution in [2.45, 2.75) is 153 Å². The molecule has 8 atom stereocenters. The average molecular weight is 1050 g/mol. The maximum Gasteiger partial charge on any atom is 0.326 e. The Balaban J connectivity index is 3.37. The Morgan fingerprint density at radius 1 is 0.527 bits per heavy atom. The first-order valence-electron chi connectivity index (χ1n) is 25.3. The number of aliphatic carboxylic acids is 1. The Morgan fingerprint density at radius 3 is 1.51 bits per heavy atom. The Labute approximate surface area is 433 Å². The molecule has 22 N–H and O–H groups in total. The first kappa shape index (κ1) is 65.5. The summed E-state index contributed by atoms with van der Waals surface area (Å²) in [7, 11) is 0. The predicted molar refractivity (Wildman–Crippen MR) is 278 cm³/mol. The molecular weight excluding hydrogens is 963 g/mol. The number of carbonyl (C=O) groups excluding carboxylic acids is 8. The van der Waals surface area contributed by atoms with Gasteiger partial charge in [0.05, 0.1) is 19.2 Å². The third-order valence-electron chi connectivity index (χ3n) is 11.7. The van der Waals surface area contributed by atoms with Crippen LogP contribution in [0.1, 0.15) is 104 Å². The smallest absolute Gasteiger partial charge is 0.326 e. The second-order valence-corrected chi connectivity index (χ2v) is 18.7. The van der Waals surface area contributed by atoms with Crippen molar-refractivity contribution in [3.05, 3.63) is 35.9 Å². The zero-order valence-electron chi connectivity index (χ0n) is 43.4. The molecule has 0 fully saturated rings. The summed E-state index contributed by atoms with van der Waals surface area (Å²) in [6.45, 7) is 6.25. The maximum atomic E-state index is 14.2. The van der Waals surface area contributed by atoms with Gasteiger partial charge in [-0.2, -0.15) is 0 Å². The number of benzene rings is 1. The van der Waals surface area contributed by atoms with Gasteiger partial charge in [-0.3, -0.25) is 43.3 Å². The van der Waals surface area contributed by atoms with E-state index in [0.717, 1.165) is 0 Å². The van der Waals surface area contributed by atoms with Crippen LogP contribution in [0.2, 0.25) is 0 Å². The number of unbranched alkanes of at least 4 members (excludes halogenated alkanes) is 3. The minimum atomic E-state index is -1.61. The van der Waals surface area contributed by atoms with Crippen molar-refractivity contribution >= 4 is 59.2 Å². The van der Waals surface area contributed by atoms with E-state index in [0.29, 0.717) is 63.6 Å². The first-order valence-corrected chi connectivity index (χ1v) is 25.3. The van der Waals surface area contributed by atoms with Crippen LogP contribution < -0.4 is 76.9 Å². The minimum absolute atomic E-state index is 0.0260. The molecule has 8 amide bonds. The number of aliphatic hydroxyl groups excluding tert-OH is 1. The Kier molecular flexibility index (Phi) is 32.3. The lowest BCUT2D eigenvalue weighted by Crippen LogP contribution is -2.61. The molecule has 0 heterocycles. The molecular formula is C48H85N15O11. The number of guanidine groups is 1. The molecule has 1 aromatic rings. The van der Waals surface area contributed by atoms with Crippen LogP contribution >= 0.6 is 0 Å². The normalized spacial score (nSPS) is 14.4. The van der Waals surface area contributed by atoms with E-state index in [-0.39, 0.29) is 51.2 Å². The molecule has 0 aliphatic rings. The van der Waals surface area contributed by atoms with Gasteiger partial charge in [0.15, 0.2) is 5.96 Å². The van der Waals surface area contributed by atoms with Crippen LogP contribution in [0.5, 0.6) is 0 Å². The second kappa shape index (κ2) is 36.4. The topological polar surface area (TPSA) is 459 Å². The predicted octanol–water partition coefficient (Wildman–Crippen LogP) is -4.10. The van der Waals surface area contributed by atoms with Gasteiger partial charge >= 0.3 is 5.97 Å². The van der Waals surface area contributed by atoms with Gasteiger partial charge in [0, 0.05) is 13.0 Å². The van der Waals surface area contributed by atoms with Crippen LogP contribution in [0.4, 0.5) is 0 Å². The fraction of sp³-hybridized carbons (Fsp3) is 0.667.